The number of amides is 1. The molecule has 1 saturated heterocycles. The zero-order chi connectivity index (χ0) is 12.1. The summed E-state index contributed by atoms with van der Waals surface area (Å²) in [6, 6.07) is 0. The summed E-state index contributed by atoms with van der Waals surface area (Å²) in [5.74, 6) is -0.00112. The molecular formula is C11H17BrFNO2. The lowest BCUT2D eigenvalue weighted by atomic mass is 10.2. The summed E-state index contributed by atoms with van der Waals surface area (Å²) in [5, 5.41) is 0.373. The van der Waals surface area contributed by atoms with Gasteiger partial charge < -0.3 is 9.64 Å². The number of alkyl halides is 2. The second-order valence-corrected chi connectivity index (χ2v) is 6.22. The Labute approximate surface area is 103 Å². The molecule has 0 aromatic carbocycles. The van der Waals surface area contributed by atoms with E-state index < -0.39 is 11.3 Å². The summed E-state index contributed by atoms with van der Waals surface area (Å²) in [6.07, 6.45) is -0.323. The fraction of sp³-hybridized carbons (Fsp3) is 0.909. The van der Waals surface area contributed by atoms with E-state index in [0.717, 1.165) is 0 Å². The summed E-state index contributed by atoms with van der Waals surface area (Å²) < 4.78 is 19.1. The molecule has 1 aliphatic heterocycles. The van der Waals surface area contributed by atoms with Crippen molar-refractivity contribution in [2.45, 2.75) is 32.0 Å². The van der Waals surface area contributed by atoms with E-state index in [1.807, 2.05) is 20.8 Å². The first-order chi connectivity index (χ1) is 7.28. The molecule has 2 fully saturated rings. The maximum Gasteiger partial charge on any atom is 0.410 e. The van der Waals surface area contributed by atoms with Crippen molar-refractivity contribution in [3.05, 3.63) is 0 Å². The van der Waals surface area contributed by atoms with Gasteiger partial charge in [0.1, 0.15) is 11.3 Å². The third kappa shape index (κ3) is 1.94. The summed E-state index contributed by atoms with van der Waals surface area (Å²) in [4.78, 5) is 13.3. The Morgan fingerprint density at radius 1 is 1.50 bits per heavy atom. The number of hydrogen-bond acceptors (Lipinski definition) is 2. The molecule has 0 bridgehead atoms. The van der Waals surface area contributed by atoms with Crippen LogP contribution in [0.5, 0.6) is 0 Å². The lowest BCUT2D eigenvalue weighted by Gasteiger charge is -2.26. The average molecular weight is 294 g/mol. The fourth-order valence-corrected chi connectivity index (χ4v) is 3.18. The Morgan fingerprint density at radius 3 is 2.38 bits per heavy atom. The fourth-order valence-electron chi connectivity index (χ4n) is 2.35. The van der Waals surface area contributed by atoms with E-state index in [9.17, 15) is 9.18 Å². The molecule has 1 saturated carbocycles. The average Bonchev–Trinajstić information content (AvgIpc) is 2.59. The molecule has 0 aromatic rings. The van der Waals surface area contributed by atoms with E-state index in [2.05, 4.69) is 15.9 Å². The molecule has 0 radical (unpaired) electrons. The molecule has 0 aromatic heterocycles. The van der Waals surface area contributed by atoms with Crippen LogP contribution in [0.4, 0.5) is 9.18 Å². The van der Waals surface area contributed by atoms with Crippen LogP contribution in [-0.4, -0.2) is 40.7 Å². The van der Waals surface area contributed by atoms with Crippen LogP contribution in [0.25, 0.3) is 0 Å². The lowest BCUT2D eigenvalue weighted by Crippen LogP contribution is -2.39. The van der Waals surface area contributed by atoms with Crippen molar-refractivity contribution in [3.8, 4) is 0 Å². The number of carbonyl (C=O) groups is 1. The first-order valence-corrected chi connectivity index (χ1v) is 6.63. The minimum Gasteiger partial charge on any atom is -0.444 e. The molecule has 0 spiro atoms. The first-order valence-electron chi connectivity index (χ1n) is 5.51. The van der Waals surface area contributed by atoms with Crippen LogP contribution in [0.2, 0.25) is 0 Å². The molecule has 2 rings (SSSR count). The van der Waals surface area contributed by atoms with Gasteiger partial charge in [0.25, 0.3) is 0 Å². The molecule has 0 N–H and O–H groups in total. The zero-order valence-electron chi connectivity index (χ0n) is 9.80. The largest absolute Gasteiger partial charge is 0.444 e. The van der Waals surface area contributed by atoms with Gasteiger partial charge in [-0.3, -0.25) is 0 Å². The van der Waals surface area contributed by atoms with Crippen LogP contribution < -0.4 is 0 Å². The molecular weight excluding hydrogens is 277 g/mol. The van der Waals surface area contributed by atoms with Crippen molar-refractivity contribution < 1.29 is 13.9 Å². The second-order valence-electron chi connectivity index (χ2n) is 5.66. The predicted octanol–water partition coefficient (Wildman–Crippen LogP) is 2.59. The number of piperidine rings is 1. The van der Waals surface area contributed by atoms with Crippen LogP contribution in [0, 0.1) is 11.8 Å². The molecule has 5 heteroatoms. The highest BCUT2D eigenvalue weighted by atomic mass is 79.9. The molecule has 16 heavy (non-hydrogen) atoms. The van der Waals surface area contributed by atoms with E-state index in [1.165, 1.54) is 0 Å². The minimum absolute atomic E-state index is 0.000562. The number of rotatable bonds is 1. The van der Waals surface area contributed by atoms with Crippen molar-refractivity contribution >= 4 is 22.0 Å². The van der Waals surface area contributed by atoms with Crippen LogP contribution in [0.3, 0.4) is 0 Å². The number of ether oxygens (including phenoxy) is 1. The van der Waals surface area contributed by atoms with Crippen molar-refractivity contribution in [1.29, 1.82) is 0 Å². The molecule has 2 unspecified atom stereocenters. The highest BCUT2D eigenvalue weighted by Crippen LogP contribution is 2.59. The Kier molecular flexibility index (Phi) is 2.72. The Morgan fingerprint density at radius 2 is 2.00 bits per heavy atom. The quantitative estimate of drug-likeness (QED) is 0.696. The molecule has 1 heterocycles. The Bertz CT molecular complexity index is 304. The van der Waals surface area contributed by atoms with Gasteiger partial charge in [0.2, 0.25) is 0 Å². The van der Waals surface area contributed by atoms with Crippen LogP contribution in [0.15, 0.2) is 0 Å². The topological polar surface area (TPSA) is 29.5 Å². The van der Waals surface area contributed by atoms with Gasteiger partial charge in [-0.05, 0) is 20.8 Å². The van der Waals surface area contributed by atoms with E-state index in [0.29, 0.717) is 18.4 Å². The summed E-state index contributed by atoms with van der Waals surface area (Å²) >= 11 is 3.18. The normalized spacial score (nSPS) is 37.2. The van der Waals surface area contributed by atoms with Gasteiger partial charge in [0.05, 0.1) is 0 Å². The second kappa shape index (κ2) is 3.59. The van der Waals surface area contributed by atoms with Crippen molar-refractivity contribution in [2.75, 3.05) is 18.4 Å². The number of fused-ring (bicyclic) bond motifs is 1. The zero-order valence-corrected chi connectivity index (χ0v) is 11.4. The van der Waals surface area contributed by atoms with E-state index in [1.54, 1.807) is 4.90 Å². The van der Waals surface area contributed by atoms with E-state index >= 15 is 0 Å². The standard InChI is InChI=1S/C11H17BrFNO2/c1-10(2,3)16-9(15)14-4-7-8(5-14)11(7,13)6-12/h7-8H,4-6H2,1-3H3. The van der Waals surface area contributed by atoms with Gasteiger partial charge in [-0.1, -0.05) is 15.9 Å². The Balaban J connectivity index is 1.87. The van der Waals surface area contributed by atoms with Gasteiger partial charge in [0, 0.05) is 30.3 Å². The molecule has 2 atom stereocenters. The van der Waals surface area contributed by atoms with Crippen molar-refractivity contribution in [1.82, 2.24) is 4.90 Å². The molecule has 2 aliphatic rings. The third-order valence-corrected chi connectivity index (χ3v) is 4.16. The number of hydrogen-bond donors (Lipinski definition) is 0. The highest BCUT2D eigenvalue weighted by molar-refractivity contribution is 9.09. The van der Waals surface area contributed by atoms with Crippen LogP contribution in [0.1, 0.15) is 20.8 Å². The first kappa shape index (κ1) is 12.1. The summed E-state index contributed by atoms with van der Waals surface area (Å²) in [7, 11) is 0. The van der Waals surface area contributed by atoms with Gasteiger partial charge in [0.15, 0.2) is 0 Å². The minimum atomic E-state index is -1.08. The smallest absolute Gasteiger partial charge is 0.410 e. The van der Waals surface area contributed by atoms with Gasteiger partial charge in [-0.25, -0.2) is 9.18 Å². The van der Waals surface area contributed by atoms with Crippen molar-refractivity contribution in [2.24, 2.45) is 11.8 Å². The van der Waals surface area contributed by atoms with Crippen LogP contribution >= 0.6 is 15.9 Å². The third-order valence-electron chi connectivity index (χ3n) is 3.30. The van der Waals surface area contributed by atoms with E-state index in [-0.39, 0.29) is 17.9 Å². The molecule has 3 nitrogen and oxygen atoms in total. The Hall–Kier alpha value is -0.320. The maximum atomic E-state index is 13.9. The molecule has 92 valence electrons. The highest BCUT2D eigenvalue weighted by Gasteiger charge is 2.69. The SMILES string of the molecule is CC(C)(C)OC(=O)N1CC2C(C1)C2(F)CBr. The van der Waals surface area contributed by atoms with Crippen molar-refractivity contribution in [3.63, 3.8) is 0 Å². The molecule has 1 amide bonds. The number of likely N-dealkylation sites (tertiary alicyclic amines) is 1. The monoisotopic (exact) mass is 293 g/mol. The number of halogens is 2. The van der Waals surface area contributed by atoms with E-state index in [4.69, 9.17) is 4.74 Å². The van der Waals surface area contributed by atoms with Gasteiger partial charge in [-0.2, -0.15) is 0 Å². The predicted molar refractivity (Wildman–Crippen MR) is 62.4 cm³/mol. The number of nitrogens with zero attached hydrogens (tertiary/aromatic N) is 1. The summed E-state index contributed by atoms with van der Waals surface area (Å²) in [5.41, 5.74) is -1.56. The maximum absolute atomic E-state index is 13.9. The van der Waals surface area contributed by atoms with Gasteiger partial charge >= 0.3 is 6.09 Å². The summed E-state index contributed by atoms with van der Waals surface area (Å²) in [6.45, 7) is 6.47. The lowest BCUT2D eigenvalue weighted by molar-refractivity contribution is 0.0245. The van der Waals surface area contributed by atoms with Gasteiger partial charge in [-0.15, -0.1) is 0 Å². The van der Waals surface area contributed by atoms with Crippen LogP contribution in [-0.2, 0) is 4.74 Å². The number of carbonyl (C=O) groups excluding carboxylic acids is 1. The molecule has 1 aliphatic carbocycles.